The second-order valence-electron chi connectivity index (χ2n) is 8.74. The molecule has 194 valence electrons. The van der Waals surface area contributed by atoms with Crippen LogP contribution in [0.5, 0.6) is 0 Å². The molecule has 2 aliphatic heterocycles. The lowest BCUT2D eigenvalue weighted by atomic mass is 10.1. The Morgan fingerprint density at radius 1 is 0.941 bits per heavy atom. The molecule has 0 amide bonds. The number of carbonyl (C=O) groups is 3. The third-order valence-corrected chi connectivity index (χ3v) is 5.58. The first-order valence-electron chi connectivity index (χ1n) is 12.4. The standard InChI is InChI=1S/C13H22O4.C13H20O4/c2*1-3-4-6-11-9-12(15)13(17-11)7-5-8-16-10(2)14/h5,8,11-13,15H,3-4,6-7,9H2,1-2H3;5,8,11,13H,3-4,6-7,9H2,1-2H3/t11-,12+,13-;11-,13-/m00/s1. The second-order valence-corrected chi connectivity index (χ2v) is 8.74. The third kappa shape index (κ3) is 13.0. The van der Waals surface area contributed by atoms with Crippen LogP contribution in [0, 0.1) is 0 Å². The van der Waals surface area contributed by atoms with Gasteiger partial charge < -0.3 is 24.1 Å². The monoisotopic (exact) mass is 482 g/mol. The van der Waals surface area contributed by atoms with Crippen molar-refractivity contribution in [3.05, 3.63) is 24.7 Å². The van der Waals surface area contributed by atoms with Gasteiger partial charge in [-0.15, -0.1) is 0 Å². The van der Waals surface area contributed by atoms with Gasteiger partial charge in [0, 0.05) is 33.1 Å². The van der Waals surface area contributed by atoms with Crippen LogP contribution in [0.2, 0.25) is 0 Å². The van der Waals surface area contributed by atoms with Crippen LogP contribution in [-0.4, -0.2) is 53.3 Å². The summed E-state index contributed by atoms with van der Waals surface area (Å²) in [7, 11) is 0. The maximum absolute atomic E-state index is 11.6. The molecule has 5 atom stereocenters. The SMILES string of the molecule is CCCC[C@H]1CC(=O)[C@H](CC=COC(C)=O)O1.CCCC[C@H]1C[C@@H](O)[C@H](CC=COC(C)=O)O1. The van der Waals surface area contributed by atoms with Gasteiger partial charge >= 0.3 is 11.9 Å². The normalized spacial score (nSPS) is 26.6. The van der Waals surface area contributed by atoms with E-state index in [1.54, 1.807) is 12.2 Å². The number of aliphatic hydroxyl groups is 1. The molecular weight excluding hydrogens is 440 g/mol. The molecule has 2 heterocycles. The topological polar surface area (TPSA) is 108 Å². The Morgan fingerprint density at radius 3 is 2.06 bits per heavy atom. The number of esters is 2. The van der Waals surface area contributed by atoms with Gasteiger partial charge in [0.05, 0.1) is 36.9 Å². The first kappa shape index (κ1) is 30.0. The van der Waals surface area contributed by atoms with E-state index in [9.17, 15) is 19.5 Å². The van der Waals surface area contributed by atoms with Gasteiger partial charge in [0.1, 0.15) is 6.10 Å². The highest BCUT2D eigenvalue weighted by molar-refractivity contribution is 5.85. The van der Waals surface area contributed by atoms with Crippen molar-refractivity contribution in [2.45, 2.75) is 122 Å². The summed E-state index contributed by atoms with van der Waals surface area (Å²) in [5.74, 6) is -0.547. The predicted octanol–water partition coefficient (Wildman–Crippen LogP) is 4.53. The third-order valence-electron chi connectivity index (χ3n) is 5.58. The smallest absolute Gasteiger partial charge is 0.307 e. The lowest BCUT2D eigenvalue weighted by molar-refractivity contribution is -0.136. The number of ether oxygens (including phenoxy) is 4. The van der Waals surface area contributed by atoms with Gasteiger partial charge in [-0.1, -0.05) is 39.5 Å². The van der Waals surface area contributed by atoms with E-state index in [-0.39, 0.29) is 42.1 Å². The first-order valence-corrected chi connectivity index (χ1v) is 12.4. The minimum Gasteiger partial charge on any atom is -0.435 e. The van der Waals surface area contributed by atoms with Crippen LogP contribution in [0.25, 0.3) is 0 Å². The Bertz CT molecular complexity index is 672. The molecule has 0 aromatic rings. The summed E-state index contributed by atoms with van der Waals surface area (Å²) >= 11 is 0. The Balaban J connectivity index is 0.000000340. The Morgan fingerprint density at radius 2 is 1.50 bits per heavy atom. The van der Waals surface area contributed by atoms with Crippen molar-refractivity contribution in [3.63, 3.8) is 0 Å². The summed E-state index contributed by atoms with van der Waals surface area (Å²) in [5, 5.41) is 9.80. The highest BCUT2D eigenvalue weighted by Gasteiger charge is 2.33. The number of ketones is 1. The molecule has 34 heavy (non-hydrogen) atoms. The fraction of sp³-hybridized carbons (Fsp3) is 0.731. The highest BCUT2D eigenvalue weighted by Crippen LogP contribution is 2.26. The zero-order valence-electron chi connectivity index (χ0n) is 21.1. The zero-order chi connectivity index (χ0) is 25.3. The number of rotatable bonds is 12. The molecule has 8 heteroatoms. The summed E-state index contributed by atoms with van der Waals surface area (Å²) in [6.45, 7) is 6.95. The van der Waals surface area contributed by atoms with Crippen molar-refractivity contribution >= 4 is 17.7 Å². The summed E-state index contributed by atoms with van der Waals surface area (Å²) in [5.41, 5.74) is 0. The molecule has 2 fully saturated rings. The average Bonchev–Trinajstić information content (AvgIpc) is 3.32. The van der Waals surface area contributed by atoms with Crippen LogP contribution in [-0.2, 0) is 33.3 Å². The fourth-order valence-corrected chi connectivity index (χ4v) is 3.80. The molecule has 2 aliphatic rings. The Kier molecular flexibility index (Phi) is 15.4. The molecule has 0 aromatic carbocycles. The quantitative estimate of drug-likeness (QED) is 0.319. The van der Waals surface area contributed by atoms with E-state index < -0.39 is 6.10 Å². The molecule has 0 bridgehead atoms. The minimum absolute atomic E-state index is 0.0783. The molecule has 0 spiro atoms. The van der Waals surface area contributed by atoms with Gasteiger partial charge in [0.2, 0.25) is 0 Å². The predicted molar refractivity (Wildman–Crippen MR) is 128 cm³/mol. The van der Waals surface area contributed by atoms with Crippen LogP contribution in [0.15, 0.2) is 24.7 Å². The lowest BCUT2D eigenvalue weighted by Gasteiger charge is -2.12. The maximum Gasteiger partial charge on any atom is 0.307 e. The van der Waals surface area contributed by atoms with Gasteiger partial charge in [0.15, 0.2) is 5.78 Å². The van der Waals surface area contributed by atoms with Crippen LogP contribution in [0.3, 0.4) is 0 Å². The van der Waals surface area contributed by atoms with Crippen LogP contribution < -0.4 is 0 Å². The highest BCUT2D eigenvalue weighted by atomic mass is 16.5. The fourth-order valence-electron chi connectivity index (χ4n) is 3.80. The van der Waals surface area contributed by atoms with Crippen molar-refractivity contribution in [1.29, 1.82) is 0 Å². The average molecular weight is 483 g/mol. The number of hydrogen-bond acceptors (Lipinski definition) is 8. The van der Waals surface area contributed by atoms with E-state index in [1.807, 2.05) is 0 Å². The zero-order valence-corrected chi connectivity index (χ0v) is 21.1. The molecule has 0 radical (unpaired) electrons. The van der Waals surface area contributed by atoms with Gasteiger partial charge in [-0.3, -0.25) is 14.4 Å². The number of unbranched alkanes of at least 4 members (excludes halogenated alkanes) is 2. The van der Waals surface area contributed by atoms with Crippen molar-refractivity contribution in [2.75, 3.05) is 0 Å². The lowest BCUT2D eigenvalue weighted by Crippen LogP contribution is -2.19. The number of carbonyl (C=O) groups excluding carboxylic acids is 3. The number of hydrogen-bond donors (Lipinski definition) is 1. The van der Waals surface area contributed by atoms with E-state index in [2.05, 4.69) is 23.3 Å². The summed E-state index contributed by atoms with van der Waals surface area (Å²) < 4.78 is 20.7. The summed E-state index contributed by atoms with van der Waals surface area (Å²) in [6, 6.07) is 0. The van der Waals surface area contributed by atoms with Gasteiger partial charge in [-0.25, -0.2) is 0 Å². The van der Waals surface area contributed by atoms with Crippen molar-refractivity contribution in [1.82, 2.24) is 0 Å². The maximum atomic E-state index is 11.6. The summed E-state index contributed by atoms with van der Waals surface area (Å²) in [4.78, 5) is 32.6. The molecule has 1 N–H and O–H groups in total. The van der Waals surface area contributed by atoms with Gasteiger partial charge in [-0.2, -0.15) is 0 Å². The van der Waals surface area contributed by atoms with E-state index in [0.717, 1.165) is 38.5 Å². The molecule has 2 saturated heterocycles. The molecule has 8 nitrogen and oxygen atoms in total. The van der Waals surface area contributed by atoms with Crippen molar-refractivity contribution in [2.24, 2.45) is 0 Å². The largest absolute Gasteiger partial charge is 0.435 e. The molecule has 2 rings (SSSR count). The van der Waals surface area contributed by atoms with E-state index in [4.69, 9.17) is 9.47 Å². The minimum atomic E-state index is -0.404. The molecule has 0 unspecified atom stereocenters. The molecule has 0 aromatic heterocycles. The second kappa shape index (κ2) is 17.4. The van der Waals surface area contributed by atoms with Crippen LogP contribution in [0.1, 0.15) is 91.9 Å². The Labute approximate surface area is 203 Å². The van der Waals surface area contributed by atoms with Gasteiger partial charge in [-0.05, 0) is 31.4 Å². The Hall–Kier alpha value is -2.03. The van der Waals surface area contributed by atoms with E-state index >= 15 is 0 Å². The van der Waals surface area contributed by atoms with Gasteiger partial charge in [0.25, 0.3) is 0 Å². The molecule has 0 aliphatic carbocycles. The van der Waals surface area contributed by atoms with Crippen molar-refractivity contribution in [3.8, 4) is 0 Å². The summed E-state index contributed by atoms with van der Waals surface area (Å²) in [6.07, 6.45) is 14.1. The van der Waals surface area contributed by atoms with Crippen molar-refractivity contribution < 1.29 is 38.4 Å². The first-order chi connectivity index (χ1) is 16.3. The van der Waals surface area contributed by atoms with Crippen LogP contribution >= 0.6 is 0 Å². The van der Waals surface area contributed by atoms with Crippen LogP contribution in [0.4, 0.5) is 0 Å². The van der Waals surface area contributed by atoms with E-state index in [1.165, 1.54) is 26.4 Å². The number of Topliss-reactive ketones (excluding diaryl/α,β-unsaturated/α-hetero) is 1. The molecular formula is C26H42O8. The molecule has 0 saturated carbocycles. The number of aliphatic hydroxyl groups excluding tert-OH is 1. The van der Waals surface area contributed by atoms with E-state index in [0.29, 0.717) is 25.7 Å².